The van der Waals surface area contributed by atoms with Crippen molar-refractivity contribution in [1.82, 2.24) is 9.97 Å². The fourth-order valence-corrected chi connectivity index (χ4v) is 2.45. The first-order valence-electron chi connectivity index (χ1n) is 5.88. The number of fused-ring (bicyclic) bond motifs is 1. The molecule has 2 rings (SSSR count). The first kappa shape index (κ1) is 13.0. The molecule has 6 heteroatoms. The van der Waals surface area contributed by atoms with Crippen molar-refractivity contribution < 1.29 is 9.47 Å². The van der Waals surface area contributed by atoms with E-state index in [0.717, 1.165) is 16.8 Å². The first-order chi connectivity index (χ1) is 8.74. The Morgan fingerprint density at radius 1 is 1.33 bits per heavy atom. The van der Waals surface area contributed by atoms with Crippen LogP contribution in [0, 0.1) is 6.92 Å². The van der Waals surface area contributed by atoms with Crippen molar-refractivity contribution >= 4 is 27.5 Å². The summed E-state index contributed by atoms with van der Waals surface area (Å²) >= 11 is 1.64. The summed E-state index contributed by atoms with van der Waals surface area (Å²) in [4.78, 5) is 11.0. The predicted octanol–water partition coefficient (Wildman–Crippen LogP) is 2.46. The molecular formula is C12H17N3O2S. The van der Waals surface area contributed by atoms with Crippen LogP contribution in [0.25, 0.3) is 10.2 Å². The van der Waals surface area contributed by atoms with Gasteiger partial charge in [0.25, 0.3) is 0 Å². The summed E-state index contributed by atoms with van der Waals surface area (Å²) in [6, 6.07) is 2.05. The van der Waals surface area contributed by atoms with Crippen LogP contribution in [0.5, 0.6) is 5.88 Å². The molecule has 0 atom stereocenters. The molecule has 0 aliphatic rings. The van der Waals surface area contributed by atoms with E-state index in [2.05, 4.69) is 28.3 Å². The highest BCUT2D eigenvalue weighted by Gasteiger charge is 2.11. The standard InChI is InChI=1S/C12H17N3O2S/c1-4-13-12-14-10(17-6-5-16-3)9-7-8(2)18-11(9)15-12/h7H,4-6H2,1-3H3,(H,13,14,15). The lowest BCUT2D eigenvalue weighted by Crippen LogP contribution is -2.08. The monoisotopic (exact) mass is 267 g/mol. The number of anilines is 1. The van der Waals surface area contributed by atoms with Crippen molar-refractivity contribution in [3.8, 4) is 5.88 Å². The molecule has 2 aromatic heterocycles. The molecule has 0 aliphatic heterocycles. The van der Waals surface area contributed by atoms with Crippen LogP contribution in [0.4, 0.5) is 5.95 Å². The molecule has 98 valence electrons. The van der Waals surface area contributed by atoms with Crippen molar-refractivity contribution in [2.45, 2.75) is 13.8 Å². The smallest absolute Gasteiger partial charge is 0.227 e. The minimum atomic E-state index is 0.489. The second-order valence-corrected chi connectivity index (χ2v) is 5.03. The molecule has 0 aliphatic carbocycles. The average Bonchev–Trinajstić information content (AvgIpc) is 2.70. The lowest BCUT2D eigenvalue weighted by Gasteiger charge is -2.08. The highest BCUT2D eigenvalue weighted by molar-refractivity contribution is 7.18. The van der Waals surface area contributed by atoms with E-state index in [0.29, 0.717) is 25.0 Å². The maximum atomic E-state index is 5.65. The van der Waals surface area contributed by atoms with Gasteiger partial charge in [-0.25, -0.2) is 4.98 Å². The molecule has 2 heterocycles. The van der Waals surface area contributed by atoms with E-state index in [1.807, 2.05) is 6.92 Å². The van der Waals surface area contributed by atoms with Crippen molar-refractivity contribution in [3.63, 3.8) is 0 Å². The number of nitrogens with zero attached hydrogens (tertiary/aromatic N) is 2. The van der Waals surface area contributed by atoms with Crippen LogP contribution in [0.15, 0.2) is 6.07 Å². The van der Waals surface area contributed by atoms with E-state index < -0.39 is 0 Å². The number of hydrogen-bond donors (Lipinski definition) is 1. The molecule has 0 saturated heterocycles. The Balaban J connectivity index is 2.33. The number of ether oxygens (including phenoxy) is 2. The summed E-state index contributed by atoms with van der Waals surface area (Å²) in [5.74, 6) is 1.23. The minimum Gasteiger partial charge on any atom is -0.475 e. The van der Waals surface area contributed by atoms with Crippen LogP contribution >= 0.6 is 11.3 Å². The second-order valence-electron chi connectivity index (χ2n) is 3.80. The van der Waals surface area contributed by atoms with E-state index in [9.17, 15) is 0 Å². The molecule has 0 bridgehead atoms. The lowest BCUT2D eigenvalue weighted by molar-refractivity contribution is 0.144. The third kappa shape index (κ3) is 2.88. The number of aryl methyl sites for hydroxylation is 1. The van der Waals surface area contributed by atoms with Gasteiger partial charge in [0.2, 0.25) is 11.8 Å². The Kier molecular flexibility index (Phi) is 4.33. The van der Waals surface area contributed by atoms with E-state index in [1.54, 1.807) is 18.4 Å². The largest absolute Gasteiger partial charge is 0.475 e. The van der Waals surface area contributed by atoms with Crippen LogP contribution in [0.2, 0.25) is 0 Å². The zero-order chi connectivity index (χ0) is 13.0. The summed E-state index contributed by atoms with van der Waals surface area (Å²) < 4.78 is 10.6. The molecule has 0 saturated carbocycles. The van der Waals surface area contributed by atoms with Crippen LogP contribution < -0.4 is 10.1 Å². The molecule has 5 nitrogen and oxygen atoms in total. The zero-order valence-corrected chi connectivity index (χ0v) is 11.6. The number of aromatic nitrogens is 2. The van der Waals surface area contributed by atoms with Gasteiger partial charge >= 0.3 is 0 Å². The van der Waals surface area contributed by atoms with Gasteiger partial charge in [0.05, 0.1) is 12.0 Å². The van der Waals surface area contributed by atoms with Gasteiger partial charge in [-0.3, -0.25) is 0 Å². The Hall–Kier alpha value is -1.40. The van der Waals surface area contributed by atoms with Gasteiger partial charge < -0.3 is 14.8 Å². The number of methoxy groups -OCH3 is 1. The summed E-state index contributed by atoms with van der Waals surface area (Å²) in [6.45, 7) is 5.89. The molecule has 1 N–H and O–H groups in total. The van der Waals surface area contributed by atoms with Gasteiger partial charge in [0.1, 0.15) is 11.4 Å². The van der Waals surface area contributed by atoms with Gasteiger partial charge in [0, 0.05) is 18.5 Å². The Morgan fingerprint density at radius 2 is 2.17 bits per heavy atom. The average molecular weight is 267 g/mol. The van der Waals surface area contributed by atoms with Gasteiger partial charge in [-0.2, -0.15) is 4.98 Å². The van der Waals surface area contributed by atoms with Crippen molar-refractivity contribution in [3.05, 3.63) is 10.9 Å². The molecule has 0 amide bonds. The van der Waals surface area contributed by atoms with E-state index >= 15 is 0 Å². The molecule has 2 aromatic rings. The van der Waals surface area contributed by atoms with Crippen LogP contribution in [-0.2, 0) is 4.74 Å². The fraction of sp³-hybridized carbons (Fsp3) is 0.500. The summed E-state index contributed by atoms with van der Waals surface area (Å²) in [5.41, 5.74) is 0. The number of rotatable bonds is 6. The molecule has 0 aromatic carbocycles. The molecule has 0 radical (unpaired) electrons. The number of hydrogen-bond acceptors (Lipinski definition) is 6. The quantitative estimate of drug-likeness (QED) is 0.815. The lowest BCUT2D eigenvalue weighted by atomic mass is 10.3. The van der Waals surface area contributed by atoms with Gasteiger partial charge in [0.15, 0.2) is 0 Å². The van der Waals surface area contributed by atoms with E-state index in [-0.39, 0.29) is 0 Å². The zero-order valence-electron chi connectivity index (χ0n) is 10.8. The number of nitrogens with one attached hydrogen (secondary N) is 1. The van der Waals surface area contributed by atoms with Crippen LogP contribution in [0.3, 0.4) is 0 Å². The molecule has 18 heavy (non-hydrogen) atoms. The maximum Gasteiger partial charge on any atom is 0.227 e. The summed E-state index contributed by atoms with van der Waals surface area (Å²) in [5, 5.41) is 4.08. The van der Waals surface area contributed by atoms with Crippen molar-refractivity contribution in [1.29, 1.82) is 0 Å². The van der Waals surface area contributed by atoms with Gasteiger partial charge in [-0.05, 0) is 19.9 Å². The van der Waals surface area contributed by atoms with Gasteiger partial charge in [-0.15, -0.1) is 11.3 Å². The Morgan fingerprint density at radius 3 is 2.89 bits per heavy atom. The Labute approximate surface area is 110 Å². The maximum absolute atomic E-state index is 5.65. The fourth-order valence-electron chi connectivity index (χ4n) is 1.58. The number of thiophene rings is 1. The van der Waals surface area contributed by atoms with Gasteiger partial charge in [-0.1, -0.05) is 0 Å². The predicted molar refractivity (Wildman–Crippen MR) is 73.7 cm³/mol. The van der Waals surface area contributed by atoms with Crippen LogP contribution in [-0.4, -0.2) is 36.8 Å². The molecule has 0 spiro atoms. The van der Waals surface area contributed by atoms with Crippen LogP contribution in [0.1, 0.15) is 11.8 Å². The highest BCUT2D eigenvalue weighted by atomic mass is 32.1. The molecule has 0 unspecified atom stereocenters. The third-order valence-electron chi connectivity index (χ3n) is 2.34. The summed E-state index contributed by atoms with van der Waals surface area (Å²) in [6.07, 6.45) is 0. The molecular weight excluding hydrogens is 250 g/mol. The van der Waals surface area contributed by atoms with E-state index in [4.69, 9.17) is 9.47 Å². The van der Waals surface area contributed by atoms with E-state index in [1.165, 1.54) is 4.88 Å². The minimum absolute atomic E-state index is 0.489. The summed E-state index contributed by atoms with van der Waals surface area (Å²) in [7, 11) is 1.65. The Bertz CT molecular complexity index is 527. The molecule has 0 fully saturated rings. The first-order valence-corrected chi connectivity index (χ1v) is 6.70. The topological polar surface area (TPSA) is 56.3 Å². The second kappa shape index (κ2) is 5.97. The normalized spacial score (nSPS) is 10.8. The highest BCUT2D eigenvalue weighted by Crippen LogP contribution is 2.30. The van der Waals surface area contributed by atoms with Crippen molar-refractivity contribution in [2.24, 2.45) is 0 Å². The van der Waals surface area contributed by atoms with Crippen molar-refractivity contribution in [2.75, 3.05) is 32.2 Å². The SMILES string of the molecule is CCNc1nc(OCCOC)c2cc(C)sc2n1. The third-order valence-corrected chi connectivity index (χ3v) is 3.29.